The van der Waals surface area contributed by atoms with Crippen molar-refractivity contribution >= 4 is 38.4 Å². The molecule has 4 rings (SSSR count). The Labute approximate surface area is 162 Å². The lowest BCUT2D eigenvalue weighted by Crippen LogP contribution is -2.36. The SMILES string of the molecule is CCNc1ncnc2nc(N3CCC[C@@H]3C(=O)CCc3ccccc3)sc12. The number of carbonyl (C=O) groups excluding carboxylic acids is 1. The van der Waals surface area contributed by atoms with Gasteiger partial charge in [-0.05, 0) is 31.7 Å². The van der Waals surface area contributed by atoms with Crippen LogP contribution in [0.2, 0.25) is 0 Å². The highest BCUT2D eigenvalue weighted by Crippen LogP contribution is 2.35. The van der Waals surface area contributed by atoms with Gasteiger partial charge in [-0.1, -0.05) is 41.7 Å². The zero-order valence-corrected chi connectivity index (χ0v) is 16.2. The summed E-state index contributed by atoms with van der Waals surface area (Å²) in [5.74, 6) is 1.12. The molecule has 3 aromatic rings. The van der Waals surface area contributed by atoms with Gasteiger partial charge in [-0.2, -0.15) is 4.98 Å². The van der Waals surface area contributed by atoms with E-state index in [2.05, 4.69) is 37.3 Å². The Hall–Kier alpha value is -2.54. The second kappa shape index (κ2) is 8.00. The van der Waals surface area contributed by atoms with Gasteiger partial charge in [0.25, 0.3) is 0 Å². The lowest BCUT2D eigenvalue weighted by atomic mass is 10.0. The van der Waals surface area contributed by atoms with Crippen LogP contribution in [0.25, 0.3) is 10.3 Å². The molecule has 27 heavy (non-hydrogen) atoms. The second-order valence-corrected chi connectivity index (χ2v) is 7.68. The molecule has 3 heterocycles. The molecule has 1 aliphatic heterocycles. The number of Topliss-reactive ketones (excluding diaryl/α,β-unsaturated/α-hetero) is 1. The average molecular weight is 382 g/mol. The van der Waals surface area contributed by atoms with E-state index in [0.29, 0.717) is 17.9 Å². The number of benzene rings is 1. The molecule has 2 aromatic heterocycles. The molecule has 1 N–H and O–H groups in total. The fourth-order valence-corrected chi connectivity index (χ4v) is 4.63. The quantitative estimate of drug-likeness (QED) is 0.673. The highest BCUT2D eigenvalue weighted by atomic mass is 32.1. The molecule has 0 spiro atoms. The highest BCUT2D eigenvalue weighted by Gasteiger charge is 2.32. The first-order valence-electron chi connectivity index (χ1n) is 9.45. The van der Waals surface area contributed by atoms with Gasteiger partial charge in [0.1, 0.15) is 16.8 Å². The molecular formula is C20H23N5OS. The molecule has 0 aliphatic carbocycles. The van der Waals surface area contributed by atoms with Gasteiger partial charge < -0.3 is 10.2 Å². The number of aryl methyl sites for hydroxylation is 1. The maximum atomic E-state index is 12.9. The zero-order valence-electron chi connectivity index (χ0n) is 15.4. The molecule has 1 fully saturated rings. The van der Waals surface area contributed by atoms with Gasteiger partial charge in [0.15, 0.2) is 16.6 Å². The molecule has 6 nitrogen and oxygen atoms in total. The summed E-state index contributed by atoms with van der Waals surface area (Å²) in [5, 5.41) is 4.14. The third-order valence-electron chi connectivity index (χ3n) is 4.90. The van der Waals surface area contributed by atoms with E-state index < -0.39 is 0 Å². The van der Waals surface area contributed by atoms with Crippen molar-refractivity contribution in [1.29, 1.82) is 0 Å². The van der Waals surface area contributed by atoms with E-state index in [-0.39, 0.29) is 6.04 Å². The van der Waals surface area contributed by atoms with Crippen molar-refractivity contribution in [3.63, 3.8) is 0 Å². The van der Waals surface area contributed by atoms with Crippen LogP contribution in [0.3, 0.4) is 0 Å². The van der Waals surface area contributed by atoms with Crippen LogP contribution >= 0.6 is 11.3 Å². The topological polar surface area (TPSA) is 71.0 Å². The fourth-order valence-electron chi connectivity index (χ4n) is 3.57. The third kappa shape index (κ3) is 3.78. The molecule has 7 heteroatoms. The molecule has 1 saturated heterocycles. The van der Waals surface area contributed by atoms with Crippen LogP contribution in [-0.2, 0) is 11.2 Å². The summed E-state index contributed by atoms with van der Waals surface area (Å²) in [6, 6.07) is 10.1. The van der Waals surface area contributed by atoms with E-state index in [9.17, 15) is 4.79 Å². The van der Waals surface area contributed by atoms with Gasteiger partial charge in [0, 0.05) is 19.5 Å². The number of ketones is 1. The molecule has 0 radical (unpaired) electrons. The van der Waals surface area contributed by atoms with Crippen molar-refractivity contribution in [2.75, 3.05) is 23.3 Å². The number of rotatable bonds is 7. The summed E-state index contributed by atoms with van der Waals surface area (Å²) in [5.41, 5.74) is 1.91. The first kappa shape index (κ1) is 17.9. The standard InChI is InChI=1S/C20H23N5OS/c1-2-21-18-17-19(23-13-22-18)24-20(27-17)25-12-6-9-15(25)16(26)11-10-14-7-4-3-5-8-14/h3-5,7-8,13,15H,2,6,9-12H2,1H3,(H,21,22,23)/t15-/m1/s1. The lowest BCUT2D eigenvalue weighted by Gasteiger charge is -2.22. The number of carbonyl (C=O) groups is 1. The highest BCUT2D eigenvalue weighted by molar-refractivity contribution is 7.22. The summed E-state index contributed by atoms with van der Waals surface area (Å²) in [6.07, 6.45) is 4.81. The van der Waals surface area contributed by atoms with Crippen molar-refractivity contribution in [1.82, 2.24) is 15.0 Å². The van der Waals surface area contributed by atoms with Gasteiger partial charge in [-0.25, -0.2) is 9.97 Å². The molecule has 140 valence electrons. The summed E-state index contributed by atoms with van der Waals surface area (Å²) in [6.45, 7) is 3.70. The minimum atomic E-state index is -0.0789. The van der Waals surface area contributed by atoms with E-state index in [1.54, 1.807) is 11.3 Å². The van der Waals surface area contributed by atoms with E-state index >= 15 is 0 Å². The number of hydrogen-bond donors (Lipinski definition) is 1. The monoisotopic (exact) mass is 381 g/mol. The Morgan fingerprint density at radius 1 is 1.30 bits per heavy atom. The predicted molar refractivity (Wildman–Crippen MR) is 110 cm³/mol. The molecule has 0 saturated carbocycles. The number of nitrogens with zero attached hydrogens (tertiary/aromatic N) is 4. The molecule has 0 bridgehead atoms. The van der Waals surface area contributed by atoms with E-state index in [1.807, 2.05) is 25.1 Å². The van der Waals surface area contributed by atoms with Crippen molar-refractivity contribution in [2.24, 2.45) is 0 Å². The van der Waals surface area contributed by atoms with Crippen LogP contribution in [0.15, 0.2) is 36.7 Å². The van der Waals surface area contributed by atoms with Crippen molar-refractivity contribution in [3.05, 3.63) is 42.2 Å². The van der Waals surface area contributed by atoms with Gasteiger partial charge in [0.2, 0.25) is 0 Å². The summed E-state index contributed by atoms with van der Waals surface area (Å²) in [4.78, 5) is 28.3. The van der Waals surface area contributed by atoms with Crippen LogP contribution in [-0.4, -0.2) is 39.9 Å². The molecule has 1 aromatic carbocycles. The maximum Gasteiger partial charge on any atom is 0.188 e. The number of hydrogen-bond acceptors (Lipinski definition) is 7. The number of fused-ring (bicyclic) bond motifs is 1. The third-order valence-corrected chi connectivity index (χ3v) is 5.99. The Kier molecular flexibility index (Phi) is 5.29. The van der Waals surface area contributed by atoms with Gasteiger partial charge in [-0.15, -0.1) is 0 Å². The van der Waals surface area contributed by atoms with Gasteiger partial charge >= 0.3 is 0 Å². The first-order valence-corrected chi connectivity index (χ1v) is 10.3. The number of thiazole rings is 1. The Bertz CT molecular complexity index is 927. The average Bonchev–Trinajstić information content (AvgIpc) is 3.34. The Balaban J connectivity index is 1.51. The fraction of sp³-hybridized carbons (Fsp3) is 0.400. The molecular weight excluding hydrogens is 358 g/mol. The van der Waals surface area contributed by atoms with E-state index in [0.717, 1.165) is 48.0 Å². The van der Waals surface area contributed by atoms with Crippen LogP contribution in [0.1, 0.15) is 31.7 Å². The van der Waals surface area contributed by atoms with Crippen molar-refractivity contribution < 1.29 is 4.79 Å². The largest absolute Gasteiger partial charge is 0.369 e. The minimum absolute atomic E-state index is 0.0789. The predicted octanol–water partition coefficient (Wildman–Crippen LogP) is 3.69. The first-order chi connectivity index (χ1) is 13.3. The van der Waals surface area contributed by atoms with Crippen LogP contribution in [0.5, 0.6) is 0 Å². The van der Waals surface area contributed by atoms with Crippen LogP contribution < -0.4 is 10.2 Å². The van der Waals surface area contributed by atoms with Gasteiger partial charge in [-0.3, -0.25) is 4.79 Å². The van der Waals surface area contributed by atoms with Gasteiger partial charge in [0.05, 0.1) is 6.04 Å². The number of nitrogens with one attached hydrogen (secondary N) is 1. The Morgan fingerprint density at radius 2 is 2.15 bits per heavy atom. The van der Waals surface area contributed by atoms with E-state index in [1.165, 1.54) is 11.9 Å². The smallest absolute Gasteiger partial charge is 0.188 e. The summed E-state index contributed by atoms with van der Waals surface area (Å²) in [7, 11) is 0. The Morgan fingerprint density at radius 3 is 2.96 bits per heavy atom. The van der Waals surface area contributed by atoms with Crippen LogP contribution in [0, 0.1) is 0 Å². The molecule has 0 amide bonds. The van der Waals surface area contributed by atoms with Crippen molar-refractivity contribution in [2.45, 2.75) is 38.6 Å². The maximum absolute atomic E-state index is 12.9. The minimum Gasteiger partial charge on any atom is -0.369 e. The normalized spacial score (nSPS) is 16.8. The lowest BCUT2D eigenvalue weighted by molar-refractivity contribution is -0.120. The van der Waals surface area contributed by atoms with Crippen LogP contribution in [0.4, 0.5) is 10.9 Å². The summed E-state index contributed by atoms with van der Waals surface area (Å²) < 4.78 is 0.955. The molecule has 0 unspecified atom stereocenters. The molecule has 1 atom stereocenters. The van der Waals surface area contributed by atoms with Crippen molar-refractivity contribution in [3.8, 4) is 0 Å². The zero-order chi connectivity index (χ0) is 18.6. The van der Waals surface area contributed by atoms with E-state index in [4.69, 9.17) is 0 Å². The number of anilines is 2. The molecule has 1 aliphatic rings. The number of aromatic nitrogens is 3. The second-order valence-electron chi connectivity index (χ2n) is 6.71. The summed E-state index contributed by atoms with van der Waals surface area (Å²) >= 11 is 1.57.